The van der Waals surface area contributed by atoms with Crippen molar-refractivity contribution in [2.75, 3.05) is 159 Å². The fourth-order valence-electron chi connectivity index (χ4n) is 22.0. The first-order valence-electron chi connectivity index (χ1n) is 54.1. The molecule has 8 saturated heterocycles. The number of anilines is 4. The van der Waals surface area contributed by atoms with E-state index in [1.807, 2.05) is 153 Å². The first kappa shape index (κ1) is 102. The van der Waals surface area contributed by atoms with Crippen molar-refractivity contribution in [1.29, 1.82) is 0 Å². The Labute approximate surface area is 877 Å². The number of nitrogens with zero attached hydrogens (tertiary/aromatic N) is 17. The molecule has 4 amide bonds. The van der Waals surface area contributed by atoms with Gasteiger partial charge in [-0.2, -0.15) is 20.4 Å². The predicted octanol–water partition coefficient (Wildman–Crippen LogP) is 19.8. The molecule has 0 unspecified atom stereocenters. The number of amides is 4. The van der Waals surface area contributed by atoms with Gasteiger partial charge in [-0.1, -0.05) is 92.1 Å². The molecule has 8 aliphatic rings. The fraction of sp³-hybridized carbons (Fsp3) is 0.367. The molecule has 16 aromatic rings. The molecule has 0 radical (unpaired) electrons. The number of piperazine rings is 1. The number of carbonyl (C=O) groups excluding carboxylic acids is 4. The van der Waals surface area contributed by atoms with Crippen LogP contribution in [0.5, 0.6) is 0 Å². The van der Waals surface area contributed by atoms with Crippen LogP contribution in [0.25, 0.3) is 88.1 Å². The average Bonchev–Trinajstić information content (AvgIpc) is 1.66. The number of hydrogen-bond donors (Lipinski definition) is 8. The van der Waals surface area contributed by atoms with Crippen molar-refractivity contribution < 1.29 is 23.9 Å². The van der Waals surface area contributed by atoms with Crippen LogP contribution in [0.4, 0.5) is 22.7 Å². The zero-order chi connectivity index (χ0) is 102. The lowest BCUT2D eigenvalue weighted by Gasteiger charge is -2.32. The maximum Gasteiger partial charge on any atom is 0.276 e. The van der Waals surface area contributed by atoms with Gasteiger partial charge in [0.2, 0.25) is 0 Å². The predicted molar refractivity (Wildman–Crippen MR) is 595 cm³/mol. The van der Waals surface area contributed by atoms with E-state index >= 15 is 0 Å². The van der Waals surface area contributed by atoms with Crippen LogP contribution in [0.2, 0.25) is 0 Å². The first-order chi connectivity index (χ1) is 73.7. The summed E-state index contributed by atoms with van der Waals surface area (Å²) >= 11 is 0. The SMILES string of the molecule is CN1CCN(Cc2ccc(NC(=O)c3n[nH]c4ccc(-c5cncc(CN6CCCC6)c5)cc34)cc2)CC1.O=C(Nc1ccc(CN2CCOCC2)cc1)c1n[nH]c2ccc(-c3cncc(CN4CCCC4)c3)cc12.O=C(Nc1cccc(CN2CCCC2)c1)c1n[nH]c2ccc(-c3cncc(CN4CCCCC4)c3)cc12.O=C(Nc1cccc(CN2CCCCC2)c1)c1n[nH]c2ccc(-c3cncc(CN4CCCCC4)c3)cc12. The summed E-state index contributed by atoms with van der Waals surface area (Å²) in [5.41, 5.74) is 26.1. The lowest BCUT2D eigenvalue weighted by atomic mass is 10.0. The van der Waals surface area contributed by atoms with E-state index in [0.717, 1.165) is 294 Å². The highest BCUT2D eigenvalue weighted by atomic mass is 16.5. The number of ether oxygens (including phenoxy) is 1. The first-order valence-corrected chi connectivity index (χ1v) is 54.1. The van der Waals surface area contributed by atoms with Crippen LogP contribution in [0.3, 0.4) is 0 Å². The van der Waals surface area contributed by atoms with Gasteiger partial charge in [-0.3, -0.25) is 98.7 Å². The lowest BCUT2D eigenvalue weighted by Crippen LogP contribution is -2.43. The second-order valence-corrected chi connectivity index (χ2v) is 41.7. The molecule has 150 heavy (non-hydrogen) atoms. The minimum atomic E-state index is -0.231. The molecule has 0 aliphatic carbocycles. The summed E-state index contributed by atoms with van der Waals surface area (Å²) in [6.07, 6.45) is 34.6. The Morgan fingerprint density at radius 1 is 0.240 bits per heavy atom. The number of H-pyrrole nitrogens is 4. The summed E-state index contributed by atoms with van der Waals surface area (Å²) < 4.78 is 5.43. The molecule has 16 heterocycles. The zero-order valence-electron chi connectivity index (χ0n) is 86.1. The Morgan fingerprint density at radius 3 is 0.787 bits per heavy atom. The third-order valence-corrected chi connectivity index (χ3v) is 30.3. The van der Waals surface area contributed by atoms with Gasteiger partial charge in [-0.25, -0.2) is 0 Å². The fourth-order valence-corrected chi connectivity index (χ4v) is 22.0. The van der Waals surface area contributed by atoms with Gasteiger partial charge in [0, 0.05) is 208 Å². The maximum atomic E-state index is 13.3. The summed E-state index contributed by atoms with van der Waals surface area (Å²) in [5, 5.41) is 44.8. The van der Waals surface area contributed by atoms with E-state index in [0.29, 0.717) is 22.8 Å². The van der Waals surface area contributed by atoms with Crippen molar-refractivity contribution in [3.8, 4) is 44.5 Å². The van der Waals surface area contributed by atoms with Gasteiger partial charge in [0.05, 0.1) is 35.3 Å². The van der Waals surface area contributed by atoms with Crippen molar-refractivity contribution in [2.45, 2.75) is 149 Å². The third-order valence-electron chi connectivity index (χ3n) is 30.3. The number of nitrogens with one attached hydrogen (secondary N) is 8. The summed E-state index contributed by atoms with van der Waals surface area (Å²) in [4.78, 5) is 93.0. The van der Waals surface area contributed by atoms with E-state index in [2.05, 4.69) is 224 Å². The molecule has 0 spiro atoms. The van der Waals surface area contributed by atoms with E-state index in [-0.39, 0.29) is 23.6 Å². The van der Waals surface area contributed by atoms with Gasteiger partial charge in [-0.15, -0.1) is 0 Å². The van der Waals surface area contributed by atoms with Crippen molar-refractivity contribution >= 4 is 90.0 Å². The smallest absolute Gasteiger partial charge is 0.276 e. The number of aromatic nitrogens is 12. The molecule has 8 N–H and O–H groups in total. The van der Waals surface area contributed by atoms with E-state index in [1.54, 1.807) is 0 Å². The Morgan fingerprint density at radius 2 is 0.493 bits per heavy atom. The molecule has 0 atom stereocenters. The monoisotopic (exact) mass is 2010 g/mol. The third kappa shape index (κ3) is 26.8. The standard InChI is InChI=1S/C31H36N6O.C30H35N7O.C30H34N6O.C29H32N6O2/c38-31(33-27-9-7-8-23(17-27)21-36-12-3-1-4-13-36)30-28-18-25(10-11-29(28)34-35-30)26-16-24(19-32-20-26)22-37-14-5-2-6-15-37;1-35-12-14-37(15-13-35)20-22-4-7-26(8-5-22)32-30(38)29-27-17-24(6-9-28(27)33-34-29)25-16-23(18-31-19-25)21-36-10-2-3-11-36;37-30(32-26-8-6-7-22(16-26)20-35-13-4-5-14-35)29-27-17-24(9-10-28(27)33-34-29)25-15-23(18-31-19-25)21-36-11-2-1-3-12-36;36-29(31-25-6-3-21(4-7-25)19-35-11-13-37-14-12-35)28-26-16-23(5-8-27(26)32-33-28)24-15-22(17-30-18-24)20-34-9-1-2-10-34/h7-11,16-20H,1-6,12-15,21-22H2,(H,33,38)(H,34,35);4-9,16-19H,2-3,10-15,20-21H2,1H3,(H,32,38)(H,33,34);6-10,15-19H,1-5,11-14,20-21H2,(H,32,37)(H,33,34);3-8,15-18H,1-2,9-14,19-20H2,(H,31,36)(H,32,33). The summed E-state index contributed by atoms with van der Waals surface area (Å²) in [5.74, 6) is -0.870. The second-order valence-electron chi connectivity index (χ2n) is 41.7. The second kappa shape index (κ2) is 49.4. The molecule has 30 heteroatoms. The number of likely N-dealkylation sites (tertiary alicyclic amines) is 6. The number of aromatic amines is 4. The van der Waals surface area contributed by atoms with E-state index < -0.39 is 0 Å². The quantitative estimate of drug-likeness (QED) is 0.0226. The maximum absolute atomic E-state index is 13.3. The largest absolute Gasteiger partial charge is 0.379 e. The zero-order valence-corrected chi connectivity index (χ0v) is 86.1. The van der Waals surface area contributed by atoms with Gasteiger partial charge in [0.25, 0.3) is 23.6 Å². The number of carbonyl (C=O) groups is 4. The molecular weight excluding hydrogens is 1870 g/mol. The van der Waals surface area contributed by atoms with Crippen molar-refractivity contribution in [1.82, 2.24) is 105 Å². The van der Waals surface area contributed by atoms with Gasteiger partial charge >= 0.3 is 0 Å². The number of morpholine rings is 1. The van der Waals surface area contributed by atoms with Crippen LogP contribution >= 0.6 is 0 Å². The van der Waals surface area contributed by atoms with Crippen molar-refractivity contribution in [3.63, 3.8) is 0 Å². The van der Waals surface area contributed by atoms with Crippen molar-refractivity contribution in [2.24, 2.45) is 0 Å². The minimum absolute atomic E-state index is 0.208. The van der Waals surface area contributed by atoms with Gasteiger partial charge in [-0.05, 0) is 351 Å². The molecular formula is C120H137N25O5. The number of hydrogen-bond acceptors (Lipinski definition) is 22. The summed E-state index contributed by atoms with van der Waals surface area (Å²) in [7, 11) is 2.17. The molecule has 24 rings (SSSR count). The molecule has 8 fully saturated rings. The van der Waals surface area contributed by atoms with Crippen LogP contribution in [0, 0.1) is 0 Å². The molecule has 8 aromatic carbocycles. The van der Waals surface area contributed by atoms with Crippen LogP contribution in [-0.4, -0.2) is 267 Å². The number of likely N-dealkylation sites (N-methyl/N-ethyl adjacent to an activating group) is 1. The number of benzene rings is 8. The van der Waals surface area contributed by atoms with E-state index in [1.165, 1.54) is 141 Å². The number of piperidine rings is 3. The molecule has 772 valence electrons. The normalized spacial score (nSPS) is 17.0. The molecule has 8 aliphatic heterocycles. The number of pyridine rings is 4. The minimum Gasteiger partial charge on any atom is -0.379 e. The van der Waals surface area contributed by atoms with E-state index in [9.17, 15) is 19.2 Å². The lowest BCUT2D eigenvalue weighted by molar-refractivity contribution is 0.0342. The summed E-state index contributed by atoms with van der Waals surface area (Å²) in [6, 6.07) is 65.6. The molecule has 30 nitrogen and oxygen atoms in total. The van der Waals surface area contributed by atoms with Crippen LogP contribution in [0.15, 0.2) is 244 Å². The summed E-state index contributed by atoms with van der Waals surface area (Å²) in [6.45, 7) is 29.1. The Hall–Kier alpha value is -14.3. The van der Waals surface area contributed by atoms with Gasteiger partial charge in [0.15, 0.2) is 22.8 Å². The van der Waals surface area contributed by atoms with Gasteiger partial charge < -0.3 is 30.9 Å². The van der Waals surface area contributed by atoms with Crippen LogP contribution in [0.1, 0.15) is 183 Å². The number of fused-ring (bicyclic) bond motifs is 4. The Balaban J connectivity index is 0.000000117. The highest BCUT2D eigenvalue weighted by Crippen LogP contribution is 2.35. The Bertz CT molecular complexity index is 7270. The Kier molecular flexibility index (Phi) is 33.5. The highest BCUT2D eigenvalue weighted by Gasteiger charge is 2.27. The van der Waals surface area contributed by atoms with Crippen molar-refractivity contribution in [3.05, 3.63) is 311 Å². The number of rotatable bonds is 28. The molecule has 8 aromatic heterocycles. The van der Waals surface area contributed by atoms with Crippen LogP contribution < -0.4 is 21.3 Å². The van der Waals surface area contributed by atoms with Gasteiger partial charge in [0.1, 0.15) is 0 Å². The van der Waals surface area contributed by atoms with E-state index in [4.69, 9.17) is 4.74 Å². The highest BCUT2D eigenvalue weighted by molar-refractivity contribution is 6.15. The molecule has 0 bridgehead atoms. The molecule has 0 saturated carbocycles. The topological polar surface area (TPSA) is 321 Å². The average molecular weight is 2010 g/mol. The van der Waals surface area contributed by atoms with Crippen LogP contribution in [-0.2, 0) is 57.1 Å².